The summed E-state index contributed by atoms with van der Waals surface area (Å²) >= 11 is 0. The molecule has 1 rings (SSSR count). The monoisotopic (exact) mass is 220 g/mol. The highest BCUT2D eigenvalue weighted by Crippen LogP contribution is 2.09. The quantitative estimate of drug-likeness (QED) is 0.657. The lowest BCUT2D eigenvalue weighted by Gasteiger charge is -2.14. The maximum absolute atomic E-state index is 11.2. The van der Waals surface area contributed by atoms with Crippen LogP contribution in [0.4, 0.5) is 0 Å². The number of likely N-dealkylation sites (tertiary alicyclic amines) is 1. The maximum atomic E-state index is 11.2. The molecule has 1 aliphatic heterocycles. The summed E-state index contributed by atoms with van der Waals surface area (Å²) in [7, 11) is -2.92. The zero-order valence-corrected chi connectivity index (χ0v) is 9.09. The van der Waals surface area contributed by atoms with Crippen LogP contribution in [0.2, 0.25) is 0 Å². The largest absolute Gasteiger partial charge is 0.341 e. The van der Waals surface area contributed by atoms with E-state index in [0.717, 1.165) is 0 Å². The van der Waals surface area contributed by atoms with Gasteiger partial charge in [-0.15, -0.1) is 0 Å². The first kappa shape index (κ1) is 11.5. The van der Waals surface area contributed by atoms with Crippen molar-refractivity contribution < 1.29 is 13.2 Å². The van der Waals surface area contributed by atoms with Gasteiger partial charge < -0.3 is 10.6 Å². The highest BCUT2D eigenvalue weighted by molar-refractivity contribution is 7.90. The van der Waals surface area contributed by atoms with Crippen molar-refractivity contribution in [3.8, 4) is 0 Å². The van der Waals surface area contributed by atoms with E-state index in [2.05, 4.69) is 0 Å². The third-order valence-corrected chi connectivity index (χ3v) is 3.22. The van der Waals surface area contributed by atoms with Crippen LogP contribution in [0.25, 0.3) is 0 Å². The van der Waals surface area contributed by atoms with E-state index in [4.69, 9.17) is 5.73 Å². The smallest absolute Gasteiger partial charge is 0.224 e. The van der Waals surface area contributed by atoms with Gasteiger partial charge in [-0.2, -0.15) is 0 Å². The van der Waals surface area contributed by atoms with Crippen LogP contribution in [0.15, 0.2) is 0 Å². The molecule has 1 aliphatic rings. The fourth-order valence-corrected chi connectivity index (χ4v) is 2.19. The van der Waals surface area contributed by atoms with Crippen molar-refractivity contribution in [3.63, 3.8) is 0 Å². The molecule has 5 nitrogen and oxygen atoms in total. The van der Waals surface area contributed by atoms with Gasteiger partial charge >= 0.3 is 0 Å². The first-order valence-corrected chi connectivity index (χ1v) is 6.65. The van der Waals surface area contributed by atoms with Gasteiger partial charge in [-0.05, 0) is 6.42 Å². The number of nitrogens with zero attached hydrogens (tertiary/aromatic N) is 1. The molecule has 1 fully saturated rings. The molecule has 0 bridgehead atoms. The van der Waals surface area contributed by atoms with Crippen LogP contribution < -0.4 is 5.73 Å². The number of nitrogens with two attached hydrogens (primary N) is 1. The van der Waals surface area contributed by atoms with E-state index in [9.17, 15) is 13.2 Å². The summed E-state index contributed by atoms with van der Waals surface area (Å²) in [6, 6.07) is -0.0827. The maximum Gasteiger partial charge on any atom is 0.224 e. The number of hydrogen-bond acceptors (Lipinski definition) is 4. The number of hydrogen-bond donors (Lipinski definition) is 1. The van der Waals surface area contributed by atoms with E-state index in [1.54, 1.807) is 4.90 Å². The van der Waals surface area contributed by atoms with E-state index < -0.39 is 9.84 Å². The fraction of sp³-hybridized carbons (Fsp3) is 0.875. The lowest BCUT2D eigenvalue weighted by molar-refractivity contribution is -0.127. The zero-order chi connectivity index (χ0) is 10.8. The van der Waals surface area contributed by atoms with Gasteiger partial charge in [-0.3, -0.25) is 4.79 Å². The van der Waals surface area contributed by atoms with Gasteiger partial charge in [0, 0.05) is 31.8 Å². The predicted molar refractivity (Wildman–Crippen MR) is 53.5 cm³/mol. The standard InChI is InChI=1S/C8H16N2O3S/c1-14(12,13)4-2-3-10-6-7(9)5-8(10)11/h7H,2-6,9H2,1H3. The van der Waals surface area contributed by atoms with Crippen molar-refractivity contribution in [1.82, 2.24) is 4.90 Å². The normalized spacial score (nSPS) is 23.1. The topological polar surface area (TPSA) is 80.5 Å². The minimum absolute atomic E-state index is 0.0333. The molecule has 6 heteroatoms. The molecule has 82 valence electrons. The Labute approximate surface area is 84.2 Å². The van der Waals surface area contributed by atoms with Crippen molar-refractivity contribution >= 4 is 15.7 Å². The molecule has 0 aromatic carbocycles. The molecule has 1 saturated heterocycles. The Morgan fingerprint density at radius 2 is 2.21 bits per heavy atom. The highest BCUT2D eigenvalue weighted by atomic mass is 32.2. The van der Waals surface area contributed by atoms with Gasteiger partial charge in [-0.25, -0.2) is 8.42 Å². The van der Waals surface area contributed by atoms with E-state index in [-0.39, 0.29) is 17.7 Å². The minimum atomic E-state index is -2.92. The van der Waals surface area contributed by atoms with Crippen LogP contribution in [-0.4, -0.2) is 50.4 Å². The Kier molecular flexibility index (Phi) is 3.49. The number of amides is 1. The molecule has 0 radical (unpaired) electrons. The Morgan fingerprint density at radius 1 is 1.57 bits per heavy atom. The summed E-state index contributed by atoms with van der Waals surface area (Å²) in [5.41, 5.74) is 5.59. The molecule has 0 spiro atoms. The number of sulfone groups is 1. The molecule has 0 aromatic heterocycles. The molecular formula is C8H16N2O3S. The van der Waals surface area contributed by atoms with Crippen LogP contribution >= 0.6 is 0 Å². The Bertz CT molecular complexity index is 313. The van der Waals surface area contributed by atoms with Crippen LogP contribution in [0, 0.1) is 0 Å². The zero-order valence-electron chi connectivity index (χ0n) is 8.27. The molecule has 0 saturated carbocycles. The first-order valence-electron chi connectivity index (χ1n) is 4.59. The molecule has 14 heavy (non-hydrogen) atoms. The van der Waals surface area contributed by atoms with E-state index in [1.165, 1.54) is 6.26 Å². The van der Waals surface area contributed by atoms with Crippen molar-refractivity contribution in [2.45, 2.75) is 18.9 Å². The summed E-state index contributed by atoms with van der Waals surface area (Å²) in [6.45, 7) is 1.06. The molecule has 1 amide bonds. The number of carbonyl (C=O) groups is 1. The fourth-order valence-electron chi connectivity index (χ4n) is 1.54. The molecule has 1 unspecified atom stereocenters. The molecule has 0 aromatic rings. The summed E-state index contributed by atoms with van der Waals surface area (Å²) in [6.07, 6.45) is 2.08. The average molecular weight is 220 g/mol. The Morgan fingerprint density at radius 3 is 2.64 bits per heavy atom. The second-order valence-electron chi connectivity index (χ2n) is 3.79. The van der Waals surface area contributed by atoms with Gasteiger partial charge in [0.15, 0.2) is 0 Å². The average Bonchev–Trinajstić information content (AvgIpc) is 2.27. The summed E-state index contributed by atoms with van der Waals surface area (Å²) in [5.74, 6) is 0.164. The number of carbonyl (C=O) groups excluding carboxylic acids is 1. The molecule has 1 heterocycles. The van der Waals surface area contributed by atoms with Gasteiger partial charge in [0.2, 0.25) is 5.91 Å². The van der Waals surface area contributed by atoms with Crippen LogP contribution in [0.5, 0.6) is 0 Å². The van der Waals surface area contributed by atoms with Crippen LogP contribution in [-0.2, 0) is 14.6 Å². The second-order valence-corrected chi connectivity index (χ2v) is 6.05. The lowest BCUT2D eigenvalue weighted by Crippen LogP contribution is -2.30. The van der Waals surface area contributed by atoms with Gasteiger partial charge in [0.1, 0.15) is 9.84 Å². The van der Waals surface area contributed by atoms with Crippen molar-refractivity contribution in [2.24, 2.45) is 5.73 Å². The SMILES string of the molecule is CS(=O)(=O)CCCN1CC(N)CC1=O. The van der Waals surface area contributed by atoms with Gasteiger partial charge in [0.25, 0.3) is 0 Å². The van der Waals surface area contributed by atoms with Gasteiger partial charge in [0.05, 0.1) is 5.75 Å². The predicted octanol–water partition coefficient (Wildman–Crippen LogP) is -1.02. The van der Waals surface area contributed by atoms with Crippen molar-refractivity contribution in [2.75, 3.05) is 25.1 Å². The van der Waals surface area contributed by atoms with E-state index in [0.29, 0.717) is 25.9 Å². The molecular weight excluding hydrogens is 204 g/mol. The Hall–Kier alpha value is -0.620. The van der Waals surface area contributed by atoms with E-state index in [1.807, 2.05) is 0 Å². The second kappa shape index (κ2) is 4.27. The number of rotatable bonds is 4. The third-order valence-electron chi connectivity index (χ3n) is 2.19. The van der Waals surface area contributed by atoms with Crippen molar-refractivity contribution in [1.29, 1.82) is 0 Å². The third kappa shape index (κ3) is 3.63. The minimum Gasteiger partial charge on any atom is -0.341 e. The van der Waals surface area contributed by atoms with Crippen LogP contribution in [0.1, 0.15) is 12.8 Å². The summed E-state index contributed by atoms with van der Waals surface area (Å²) in [4.78, 5) is 12.9. The summed E-state index contributed by atoms with van der Waals surface area (Å²) < 4.78 is 21.6. The molecule has 1 atom stereocenters. The van der Waals surface area contributed by atoms with Gasteiger partial charge in [-0.1, -0.05) is 0 Å². The Balaban J connectivity index is 2.29. The summed E-state index contributed by atoms with van der Waals surface area (Å²) in [5, 5.41) is 0. The first-order chi connectivity index (χ1) is 6.38. The van der Waals surface area contributed by atoms with E-state index >= 15 is 0 Å². The molecule has 2 N–H and O–H groups in total. The highest BCUT2D eigenvalue weighted by Gasteiger charge is 2.26. The lowest BCUT2D eigenvalue weighted by atomic mass is 10.3. The van der Waals surface area contributed by atoms with Crippen molar-refractivity contribution in [3.05, 3.63) is 0 Å². The molecule has 0 aliphatic carbocycles. The van der Waals surface area contributed by atoms with Crippen LogP contribution in [0.3, 0.4) is 0 Å².